The van der Waals surface area contributed by atoms with E-state index in [2.05, 4.69) is 5.32 Å². The van der Waals surface area contributed by atoms with E-state index in [1.165, 1.54) is 0 Å². The molecule has 6 heteroatoms. The molecule has 120 valence electrons. The second kappa shape index (κ2) is 7.61. The molecule has 0 unspecified atom stereocenters. The van der Waals surface area contributed by atoms with E-state index in [0.717, 1.165) is 5.56 Å². The fourth-order valence-corrected chi connectivity index (χ4v) is 3.21. The van der Waals surface area contributed by atoms with Crippen LogP contribution in [0, 0.1) is 5.92 Å². The van der Waals surface area contributed by atoms with Crippen molar-refractivity contribution in [1.82, 2.24) is 10.2 Å². The maximum atomic E-state index is 12.3. The number of methoxy groups -OCH3 is 1. The van der Waals surface area contributed by atoms with Crippen molar-refractivity contribution in [1.29, 1.82) is 0 Å². The molecule has 1 aromatic rings. The summed E-state index contributed by atoms with van der Waals surface area (Å²) < 4.78 is 5.10. The zero-order valence-corrected chi connectivity index (χ0v) is 13.6. The molecule has 2 amide bonds. The number of ether oxygens (including phenoxy) is 1. The van der Waals surface area contributed by atoms with Crippen molar-refractivity contribution in [3.05, 3.63) is 34.9 Å². The lowest BCUT2D eigenvalue weighted by Gasteiger charge is -2.41. The zero-order valence-electron chi connectivity index (χ0n) is 12.8. The van der Waals surface area contributed by atoms with Gasteiger partial charge in [-0.3, -0.25) is 9.59 Å². The summed E-state index contributed by atoms with van der Waals surface area (Å²) >= 11 is 6.32. The Bertz CT molecular complexity index is 550. The molecule has 1 aromatic carbocycles. The number of nitrogens with zero attached hydrogens (tertiary/aromatic N) is 1. The van der Waals surface area contributed by atoms with Gasteiger partial charge in [-0.2, -0.15) is 0 Å². The van der Waals surface area contributed by atoms with Crippen LogP contribution in [0.2, 0.25) is 5.02 Å². The lowest BCUT2D eigenvalue weighted by Crippen LogP contribution is -2.48. The highest BCUT2D eigenvalue weighted by Crippen LogP contribution is 2.39. The van der Waals surface area contributed by atoms with Gasteiger partial charge in [0.2, 0.25) is 11.8 Å². The van der Waals surface area contributed by atoms with Gasteiger partial charge in [-0.15, -0.1) is 0 Å². The van der Waals surface area contributed by atoms with Crippen LogP contribution >= 0.6 is 11.6 Å². The van der Waals surface area contributed by atoms with Gasteiger partial charge in [-0.05, 0) is 18.1 Å². The van der Waals surface area contributed by atoms with E-state index in [0.29, 0.717) is 31.0 Å². The second-order valence-electron chi connectivity index (χ2n) is 5.31. The summed E-state index contributed by atoms with van der Waals surface area (Å²) in [6.07, 6.45) is 0.890. The van der Waals surface area contributed by atoms with E-state index in [9.17, 15) is 9.59 Å². The Labute approximate surface area is 135 Å². The summed E-state index contributed by atoms with van der Waals surface area (Å²) in [6.45, 7) is 0.867. The Balaban J connectivity index is 2.42. The van der Waals surface area contributed by atoms with E-state index in [1.807, 2.05) is 18.2 Å². The summed E-state index contributed by atoms with van der Waals surface area (Å²) in [5.41, 5.74) is 0.807. The molecule has 0 spiro atoms. The molecule has 0 aliphatic carbocycles. The molecular weight excluding hydrogens is 304 g/mol. The predicted octanol–water partition coefficient (Wildman–Crippen LogP) is 2.01. The minimum Gasteiger partial charge on any atom is -0.383 e. The third-order valence-electron chi connectivity index (χ3n) is 4.05. The molecule has 1 aliphatic heterocycles. The molecule has 0 radical (unpaired) electrons. The largest absolute Gasteiger partial charge is 0.383 e. The molecule has 0 bridgehead atoms. The van der Waals surface area contributed by atoms with E-state index in [1.54, 1.807) is 25.1 Å². The number of hydrogen-bond donors (Lipinski definition) is 1. The highest BCUT2D eigenvalue weighted by molar-refractivity contribution is 6.31. The maximum Gasteiger partial charge on any atom is 0.225 e. The Morgan fingerprint density at radius 2 is 2.18 bits per heavy atom. The smallest absolute Gasteiger partial charge is 0.225 e. The Kier molecular flexibility index (Phi) is 5.80. The fraction of sp³-hybridized carbons (Fsp3) is 0.500. The predicted molar refractivity (Wildman–Crippen MR) is 84.6 cm³/mol. The van der Waals surface area contributed by atoms with Gasteiger partial charge in [0.15, 0.2) is 0 Å². The quantitative estimate of drug-likeness (QED) is 0.901. The molecule has 22 heavy (non-hydrogen) atoms. The molecule has 1 saturated heterocycles. The fourth-order valence-electron chi connectivity index (χ4n) is 2.97. The molecule has 2 rings (SSSR count). The number of carbonyl (C=O) groups excluding carboxylic acids is 2. The number of amides is 2. The van der Waals surface area contributed by atoms with Crippen LogP contribution in [-0.4, -0.2) is 44.0 Å². The molecule has 1 heterocycles. The number of carbonyl (C=O) groups is 2. The van der Waals surface area contributed by atoms with Crippen LogP contribution in [-0.2, 0) is 14.3 Å². The van der Waals surface area contributed by atoms with Crippen molar-refractivity contribution in [2.75, 3.05) is 27.3 Å². The first-order chi connectivity index (χ1) is 10.6. The zero-order chi connectivity index (χ0) is 16.1. The number of benzene rings is 1. The third-order valence-corrected chi connectivity index (χ3v) is 4.39. The lowest BCUT2D eigenvalue weighted by atomic mass is 9.83. The molecule has 1 fully saturated rings. The number of rotatable bonds is 5. The van der Waals surface area contributed by atoms with Crippen molar-refractivity contribution in [2.45, 2.75) is 18.9 Å². The van der Waals surface area contributed by atoms with Crippen LogP contribution in [0.1, 0.15) is 24.4 Å². The summed E-state index contributed by atoms with van der Waals surface area (Å²) in [5, 5.41) is 3.26. The number of halogens is 1. The van der Waals surface area contributed by atoms with Crippen molar-refractivity contribution in [3.8, 4) is 0 Å². The number of likely N-dealkylation sites (tertiary alicyclic amines) is 1. The third kappa shape index (κ3) is 3.42. The normalized spacial score (nSPS) is 21.8. The minimum atomic E-state index is -0.356. The average Bonchev–Trinajstić information content (AvgIpc) is 2.53. The van der Waals surface area contributed by atoms with Crippen molar-refractivity contribution < 1.29 is 14.3 Å². The number of piperidine rings is 1. The highest BCUT2D eigenvalue weighted by Gasteiger charge is 2.40. The number of hydrogen-bond acceptors (Lipinski definition) is 3. The van der Waals surface area contributed by atoms with E-state index >= 15 is 0 Å². The number of nitrogens with one attached hydrogen (secondary N) is 1. The Morgan fingerprint density at radius 1 is 1.45 bits per heavy atom. The molecule has 1 aliphatic rings. The van der Waals surface area contributed by atoms with Gasteiger partial charge in [-0.25, -0.2) is 0 Å². The topological polar surface area (TPSA) is 58.6 Å². The van der Waals surface area contributed by atoms with Crippen molar-refractivity contribution >= 4 is 23.4 Å². The molecular formula is C16H21ClN2O3. The van der Waals surface area contributed by atoms with Crippen LogP contribution < -0.4 is 5.32 Å². The van der Waals surface area contributed by atoms with Gasteiger partial charge < -0.3 is 15.0 Å². The molecule has 5 nitrogen and oxygen atoms in total. The molecule has 2 atom stereocenters. The average molecular weight is 325 g/mol. The minimum absolute atomic E-state index is 0.0297. The lowest BCUT2D eigenvalue weighted by molar-refractivity contribution is -0.144. The first kappa shape index (κ1) is 16.8. The SMILES string of the molecule is CNC(=O)[C@@H]1CCC(=O)N(CCOC)[C@H]1c1ccccc1Cl. The Morgan fingerprint density at radius 3 is 2.82 bits per heavy atom. The van der Waals surface area contributed by atoms with E-state index in [-0.39, 0.29) is 23.8 Å². The van der Waals surface area contributed by atoms with Gasteiger partial charge in [0.25, 0.3) is 0 Å². The summed E-state index contributed by atoms with van der Waals surface area (Å²) in [7, 11) is 3.21. The first-order valence-corrected chi connectivity index (χ1v) is 7.72. The van der Waals surface area contributed by atoms with Crippen molar-refractivity contribution in [2.24, 2.45) is 5.92 Å². The van der Waals surface area contributed by atoms with Crippen molar-refractivity contribution in [3.63, 3.8) is 0 Å². The maximum absolute atomic E-state index is 12.3. The second-order valence-corrected chi connectivity index (χ2v) is 5.71. The van der Waals surface area contributed by atoms with E-state index in [4.69, 9.17) is 16.3 Å². The first-order valence-electron chi connectivity index (χ1n) is 7.34. The highest BCUT2D eigenvalue weighted by atomic mass is 35.5. The molecule has 0 saturated carbocycles. The van der Waals surface area contributed by atoms with Gasteiger partial charge >= 0.3 is 0 Å². The van der Waals surface area contributed by atoms with Gasteiger partial charge in [0.05, 0.1) is 18.6 Å². The van der Waals surface area contributed by atoms with E-state index < -0.39 is 0 Å². The summed E-state index contributed by atoms with van der Waals surface area (Å²) in [4.78, 5) is 26.3. The Hall–Kier alpha value is -1.59. The van der Waals surface area contributed by atoms with Crippen LogP contribution in [0.4, 0.5) is 0 Å². The summed E-state index contributed by atoms with van der Waals surface area (Å²) in [6, 6.07) is 7.01. The standard InChI is InChI=1S/C16H21ClN2O3/c1-18-16(21)12-7-8-14(20)19(9-10-22-2)15(12)11-5-3-4-6-13(11)17/h3-6,12,15H,7-10H2,1-2H3,(H,18,21)/t12-,15+/m1/s1. The molecule has 0 aromatic heterocycles. The van der Waals surface area contributed by atoms with Gasteiger partial charge in [0.1, 0.15) is 0 Å². The summed E-state index contributed by atoms with van der Waals surface area (Å²) in [5.74, 6) is -0.346. The molecule has 1 N–H and O–H groups in total. The van der Waals surface area contributed by atoms with Crippen LogP contribution in [0.15, 0.2) is 24.3 Å². The van der Waals surface area contributed by atoms with Crippen LogP contribution in [0.25, 0.3) is 0 Å². The van der Waals surface area contributed by atoms with Crippen LogP contribution in [0.5, 0.6) is 0 Å². The van der Waals surface area contributed by atoms with Crippen LogP contribution in [0.3, 0.4) is 0 Å². The monoisotopic (exact) mass is 324 g/mol. The van der Waals surface area contributed by atoms with Gasteiger partial charge in [0, 0.05) is 32.1 Å². The van der Waals surface area contributed by atoms with Gasteiger partial charge in [-0.1, -0.05) is 29.8 Å².